The number of hydrogen-bond acceptors (Lipinski definition) is 7. The molecule has 12 heavy (non-hydrogen) atoms. The molecule has 0 aliphatic heterocycles. The molecule has 0 spiro atoms. The monoisotopic (exact) mass is 176 g/mol. The zero-order chi connectivity index (χ0) is 8.43. The van der Waals surface area contributed by atoms with Gasteiger partial charge in [-0.15, -0.1) is 0 Å². The van der Waals surface area contributed by atoms with Gasteiger partial charge < -0.3 is 26.4 Å². The van der Waals surface area contributed by atoms with Crippen molar-refractivity contribution < 1.29 is 9.85 Å². The second kappa shape index (κ2) is 3.34. The highest BCUT2D eigenvalue weighted by Gasteiger charge is 2.20. The summed E-state index contributed by atoms with van der Waals surface area (Å²) in [5, 5.41) is 24.5. The molecule has 0 atom stereocenters. The number of nitro groups is 2. The molecule has 4 N–H and O–H groups in total. The summed E-state index contributed by atoms with van der Waals surface area (Å²) in [6.07, 6.45) is 0. The number of nitrogens with zero attached hydrogens (tertiary/aromatic N) is 4. The minimum Gasteiger partial charge on any atom is -0.390 e. The smallest absolute Gasteiger partial charge is 0.390 e. The molecular formula is C2H4N6O4. The summed E-state index contributed by atoms with van der Waals surface area (Å²) < 4.78 is 0. The Balaban J connectivity index is 0.00000121. The minimum atomic E-state index is -0.927. The van der Waals surface area contributed by atoms with Crippen molar-refractivity contribution >= 4 is 11.9 Å². The average Bonchev–Trinajstić information content (AvgIpc) is 2.33. The van der Waals surface area contributed by atoms with E-state index in [1.54, 1.807) is 5.10 Å². The summed E-state index contributed by atoms with van der Waals surface area (Å²) in [6, 6.07) is 0. The first kappa shape index (κ1) is 9.90. The Bertz CT molecular complexity index is 276. The highest BCUT2D eigenvalue weighted by Crippen LogP contribution is 2.06. The molecule has 0 saturated carbocycles. The molecule has 0 amide bonds. The van der Waals surface area contributed by atoms with Crippen LogP contribution < -0.4 is 6.15 Å². The summed E-state index contributed by atoms with van der Waals surface area (Å²) in [6.45, 7) is 0. The zero-order valence-corrected chi connectivity index (χ0v) is 5.63. The first-order chi connectivity index (χ1) is 5.11. The van der Waals surface area contributed by atoms with Gasteiger partial charge in [-0.25, -0.2) is 0 Å². The van der Waals surface area contributed by atoms with E-state index in [2.05, 4.69) is 10.1 Å². The summed E-state index contributed by atoms with van der Waals surface area (Å²) in [5.41, 5.74) is 0. The van der Waals surface area contributed by atoms with Gasteiger partial charge in [-0.05, 0) is 9.85 Å². The van der Waals surface area contributed by atoms with Gasteiger partial charge in [0.1, 0.15) is 0 Å². The van der Waals surface area contributed by atoms with E-state index >= 15 is 0 Å². The van der Waals surface area contributed by atoms with Gasteiger partial charge in [0.05, 0.1) is 5.10 Å². The van der Waals surface area contributed by atoms with E-state index in [0.717, 1.165) is 0 Å². The Morgan fingerprint density at radius 3 is 2.08 bits per heavy atom. The third kappa shape index (κ3) is 1.69. The molecule has 1 aromatic rings. The van der Waals surface area contributed by atoms with Crippen LogP contribution in [0, 0.1) is 20.2 Å². The lowest BCUT2D eigenvalue weighted by Crippen LogP contribution is -1.91. The normalized spacial score (nSPS) is 8.67. The van der Waals surface area contributed by atoms with E-state index < -0.39 is 21.7 Å². The second-order valence-corrected chi connectivity index (χ2v) is 1.47. The molecular weight excluding hydrogens is 172 g/mol. The van der Waals surface area contributed by atoms with Gasteiger partial charge in [0.15, 0.2) is 0 Å². The van der Waals surface area contributed by atoms with Crippen LogP contribution in [0.15, 0.2) is 0 Å². The van der Waals surface area contributed by atoms with Crippen molar-refractivity contribution in [3.8, 4) is 0 Å². The van der Waals surface area contributed by atoms with Crippen LogP contribution in [0.2, 0.25) is 0 Å². The first-order valence-corrected chi connectivity index (χ1v) is 2.32. The first-order valence-electron chi connectivity index (χ1n) is 2.32. The maximum atomic E-state index is 9.89. The Kier molecular flexibility index (Phi) is 2.75. The van der Waals surface area contributed by atoms with Crippen LogP contribution in [-0.4, -0.2) is 25.0 Å². The van der Waals surface area contributed by atoms with E-state index in [-0.39, 0.29) is 6.15 Å². The molecule has 10 heteroatoms. The topological polar surface area (TPSA) is 163 Å². The highest BCUT2D eigenvalue weighted by molar-refractivity contribution is 5.10. The zero-order valence-electron chi connectivity index (χ0n) is 5.63. The maximum Gasteiger partial charge on any atom is 0.508 e. The molecule has 0 aliphatic carbocycles. The molecule has 0 aliphatic rings. The van der Waals surface area contributed by atoms with Crippen LogP contribution in [0.25, 0.3) is 0 Å². The van der Waals surface area contributed by atoms with Crippen molar-refractivity contribution in [2.24, 2.45) is 0 Å². The van der Waals surface area contributed by atoms with Crippen molar-refractivity contribution in [3.05, 3.63) is 20.2 Å². The van der Waals surface area contributed by atoms with Crippen LogP contribution in [0.4, 0.5) is 11.9 Å². The molecule has 0 radical (unpaired) electrons. The Morgan fingerprint density at radius 2 is 1.83 bits per heavy atom. The van der Waals surface area contributed by atoms with Gasteiger partial charge in [0.2, 0.25) is 0 Å². The van der Waals surface area contributed by atoms with E-state index in [1.807, 2.05) is 0 Å². The van der Waals surface area contributed by atoms with Gasteiger partial charge in [-0.2, -0.15) is 0 Å². The van der Waals surface area contributed by atoms with Crippen LogP contribution in [0.5, 0.6) is 0 Å². The lowest BCUT2D eigenvalue weighted by molar-refractivity contribution is -0.403. The molecule has 1 aromatic heterocycles. The minimum absolute atomic E-state index is 0. The maximum absolute atomic E-state index is 9.89. The number of aromatic nitrogens is 3. The molecule has 0 bridgehead atoms. The standard InChI is InChI=1S/C2HN5O4.H3N/c8-6(9)1-3-2(5-4-1)7(10)11;/h(H,3,4,5);1H3. The van der Waals surface area contributed by atoms with E-state index in [1.165, 1.54) is 0 Å². The predicted molar refractivity (Wildman–Crippen MR) is 34.7 cm³/mol. The summed E-state index contributed by atoms with van der Waals surface area (Å²) >= 11 is 0. The van der Waals surface area contributed by atoms with Gasteiger partial charge >= 0.3 is 11.9 Å². The number of H-pyrrole nitrogens is 1. The summed E-state index contributed by atoms with van der Waals surface area (Å²) in [7, 11) is 0. The van der Waals surface area contributed by atoms with E-state index in [0.29, 0.717) is 0 Å². The van der Waals surface area contributed by atoms with Crippen LogP contribution >= 0.6 is 0 Å². The fourth-order valence-electron chi connectivity index (χ4n) is 0.408. The molecule has 0 aromatic carbocycles. The summed E-state index contributed by atoms with van der Waals surface area (Å²) in [4.78, 5) is 20.9. The van der Waals surface area contributed by atoms with Crippen LogP contribution in [0.3, 0.4) is 0 Å². The number of hydrogen-bond donors (Lipinski definition) is 2. The van der Waals surface area contributed by atoms with Crippen LogP contribution in [-0.2, 0) is 0 Å². The summed E-state index contributed by atoms with van der Waals surface area (Å²) in [5.74, 6) is -1.55. The number of nitrogens with one attached hydrogen (secondary N) is 1. The fourth-order valence-corrected chi connectivity index (χ4v) is 0.408. The Labute approximate surface area is 64.5 Å². The average molecular weight is 176 g/mol. The third-order valence-corrected chi connectivity index (χ3v) is 0.798. The van der Waals surface area contributed by atoms with Gasteiger partial charge in [0.25, 0.3) is 0 Å². The van der Waals surface area contributed by atoms with Crippen molar-refractivity contribution in [3.63, 3.8) is 0 Å². The highest BCUT2D eigenvalue weighted by atomic mass is 16.6. The lowest BCUT2D eigenvalue weighted by atomic mass is 11.0. The van der Waals surface area contributed by atoms with Crippen molar-refractivity contribution in [1.29, 1.82) is 0 Å². The molecule has 1 rings (SSSR count). The largest absolute Gasteiger partial charge is 0.508 e. The van der Waals surface area contributed by atoms with Gasteiger partial charge in [-0.3, -0.25) is 0 Å². The Morgan fingerprint density at radius 1 is 1.25 bits per heavy atom. The fraction of sp³-hybridized carbons (Fsp3) is 0. The third-order valence-electron chi connectivity index (χ3n) is 0.798. The molecule has 0 saturated heterocycles. The quantitative estimate of drug-likeness (QED) is 0.464. The molecule has 0 fully saturated rings. The SMILES string of the molecule is N.O=[N+]([O-])c1n[nH]c([N+](=O)[O-])n1. The lowest BCUT2D eigenvalue weighted by Gasteiger charge is -1.83. The second-order valence-electron chi connectivity index (χ2n) is 1.47. The number of rotatable bonds is 2. The van der Waals surface area contributed by atoms with Crippen molar-refractivity contribution in [2.45, 2.75) is 0 Å². The van der Waals surface area contributed by atoms with Gasteiger partial charge in [-0.1, -0.05) is 5.10 Å². The Hall–Kier alpha value is -2.10. The van der Waals surface area contributed by atoms with E-state index in [9.17, 15) is 20.2 Å². The molecule has 66 valence electrons. The predicted octanol–water partition coefficient (Wildman–Crippen LogP) is -0.217. The van der Waals surface area contributed by atoms with Crippen molar-refractivity contribution in [1.82, 2.24) is 21.3 Å². The van der Waals surface area contributed by atoms with Crippen molar-refractivity contribution in [2.75, 3.05) is 0 Å². The molecule has 10 nitrogen and oxygen atoms in total. The number of aromatic amines is 1. The molecule has 1 heterocycles. The van der Waals surface area contributed by atoms with E-state index in [4.69, 9.17) is 0 Å². The molecule has 0 unspecified atom stereocenters. The van der Waals surface area contributed by atoms with Crippen LogP contribution in [0.1, 0.15) is 0 Å². The van der Waals surface area contributed by atoms with Gasteiger partial charge in [0, 0.05) is 4.98 Å².